The Morgan fingerprint density at radius 1 is 1.47 bits per heavy atom. The summed E-state index contributed by atoms with van der Waals surface area (Å²) in [6.07, 6.45) is 6.01. The predicted octanol–water partition coefficient (Wildman–Crippen LogP) is 2.36. The van der Waals surface area contributed by atoms with Gasteiger partial charge in [-0.05, 0) is 30.7 Å². The van der Waals surface area contributed by atoms with E-state index in [1.807, 2.05) is 0 Å². The molecule has 0 aliphatic heterocycles. The molecule has 5 heteroatoms. The number of anilines is 1. The van der Waals surface area contributed by atoms with Crippen molar-refractivity contribution in [2.24, 2.45) is 11.8 Å². The van der Waals surface area contributed by atoms with Gasteiger partial charge in [0.25, 0.3) is 5.91 Å². The molecule has 0 unspecified atom stereocenters. The van der Waals surface area contributed by atoms with E-state index < -0.39 is 11.7 Å². The smallest absolute Gasteiger partial charge is 0.254 e. The highest BCUT2D eigenvalue weighted by atomic mass is 19.1. The standard InChI is InChI=1S/C14H20FN3O/c1-9-2-4-10(5-3-9)8-18-14(19)11-6-7-17-13(16)12(11)15/h6-7,9-10H,2-5,8H2,1H3,(H2,16,17)(H,18,19). The number of nitrogens with zero attached hydrogens (tertiary/aromatic N) is 1. The summed E-state index contributed by atoms with van der Waals surface area (Å²) >= 11 is 0. The van der Waals surface area contributed by atoms with Gasteiger partial charge in [0, 0.05) is 12.7 Å². The summed E-state index contributed by atoms with van der Waals surface area (Å²) in [5.41, 5.74) is 5.32. The van der Waals surface area contributed by atoms with Crippen LogP contribution in [-0.4, -0.2) is 17.4 Å². The summed E-state index contributed by atoms with van der Waals surface area (Å²) in [5, 5.41) is 2.79. The molecule has 1 saturated carbocycles. The molecule has 1 aliphatic rings. The van der Waals surface area contributed by atoms with Gasteiger partial charge in [-0.3, -0.25) is 4.79 Å². The van der Waals surface area contributed by atoms with Crippen molar-refractivity contribution in [1.29, 1.82) is 0 Å². The fourth-order valence-electron chi connectivity index (χ4n) is 2.50. The third kappa shape index (κ3) is 3.43. The van der Waals surface area contributed by atoms with E-state index in [4.69, 9.17) is 5.73 Å². The van der Waals surface area contributed by atoms with Gasteiger partial charge in [0.15, 0.2) is 11.6 Å². The number of carbonyl (C=O) groups is 1. The Morgan fingerprint density at radius 3 is 2.84 bits per heavy atom. The molecular formula is C14H20FN3O. The maximum atomic E-state index is 13.6. The van der Waals surface area contributed by atoms with E-state index in [0.717, 1.165) is 18.8 Å². The maximum Gasteiger partial charge on any atom is 0.254 e. The Morgan fingerprint density at radius 2 is 2.16 bits per heavy atom. The van der Waals surface area contributed by atoms with Gasteiger partial charge in [-0.2, -0.15) is 0 Å². The molecule has 2 rings (SSSR count). The number of aromatic nitrogens is 1. The number of pyridine rings is 1. The average molecular weight is 265 g/mol. The molecule has 0 bridgehead atoms. The SMILES string of the molecule is CC1CCC(CNC(=O)c2ccnc(N)c2F)CC1. The van der Waals surface area contributed by atoms with Gasteiger partial charge in [-0.1, -0.05) is 19.8 Å². The second kappa shape index (κ2) is 5.99. The molecule has 1 aromatic heterocycles. The summed E-state index contributed by atoms with van der Waals surface area (Å²) in [4.78, 5) is 15.5. The molecular weight excluding hydrogens is 245 g/mol. The molecule has 1 amide bonds. The van der Waals surface area contributed by atoms with E-state index in [9.17, 15) is 9.18 Å². The van der Waals surface area contributed by atoms with Crippen LogP contribution in [0.1, 0.15) is 43.0 Å². The highest BCUT2D eigenvalue weighted by Gasteiger charge is 2.20. The number of hydrogen-bond acceptors (Lipinski definition) is 3. The summed E-state index contributed by atoms with van der Waals surface area (Å²) in [7, 11) is 0. The lowest BCUT2D eigenvalue weighted by atomic mass is 9.83. The molecule has 0 spiro atoms. The molecule has 1 fully saturated rings. The van der Waals surface area contributed by atoms with Gasteiger partial charge in [-0.15, -0.1) is 0 Å². The summed E-state index contributed by atoms with van der Waals surface area (Å²) < 4.78 is 13.6. The van der Waals surface area contributed by atoms with Crippen molar-refractivity contribution < 1.29 is 9.18 Å². The molecule has 0 saturated heterocycles. The number of nitrogen functional groups attached to an aromatic ring is 1. The van der Waals surface area contributed by atoms with E-state index in [1.54, 1.807) is 0 Å². The van der Waals surface area contributed by atoms with E-state index in [0.29, 0.717) is 12.5 Å². The number of nitrogens with one attached hydrogen (secondary N) is 1. The lowest BCUT2D eigenvalue weighted by Crippen LogP contribution is -2.31. The topological polar surface area (TPSA) is 68.0 Å². The molecule has 0 aromatic carbocycles. The van der Waals surface area contributed by atoms with Gasteiger partial charge in [0.2, 0.25) is 0 Å². The summed E-state index contributed by atoms with van der Waals surface area (Å²) in [6, 6.07) is 1.35. The second-order valence-electron chi connectivity index (χ2n) is 5.39. The van der Waals surface area contributed by atoms with Crippen LogP contribution in [0, 0.1) is 17.7 Å². The molecule has 4 nitrogen and oxygen atoms in total. The number of rotatable bonds is 3. The lowest BCUT2D eigenvalue weighted by molar-refractivity contribution is 0.0938. The van der Waals surface area contributed by atoms with Crippen LogP contribution in [-0.2, 0) is 0 Å². The Hall–Kier alpha value is -1.65. The molecule has 1 aliphatic carbocycles. The minimum Gasteiger partial charge on any atom is -0.381 e. The molecule has 3 N–H and O–H groups in total. The van der Waals surface area contributed by atoms with E-state index in [2.05, 4.69) is 17.2 Å². The largest absolute Gasteiger partial charge is 0.381 e. The Balaban J connectivity index is 1.89. The fraction of sp³-hybridized carbons (Fsp3) is 0.571. The number of amides is 1. The monoisotopic (exact) mass is 265 g/mol. The zero-order valence-electron chi connectivity index (χ0n) is 11.2. The van der Waals surface area contributed by atoms with Crippen molar-refractivity contribution in [3.63, 3.8) is 0 Å². The van der Waals surface area contributed by atoms with Crippen LogP contribution < -0.4 is 11.1 Å². The maximum absolute atomic E-state index is 13.6. The van der Waals surface area contributed by atoms with Crippen LogP contribution in [0.25, 0.3) is 0 Å². The van der Waals surface area contributed by atoms with Crippen LogP contribution >= 0.6 is 0 Å². The van der Waals surface area contributed by atoms with Crippen LogP contribution in [0.4, 0.5) is 10.2 Å². The Bertz CT molecular complexity index is 456. The first-order valence-corrected chi connectivity index (χ1v) is 6.76. The third-order valence-electron chi connectivity index (χ3n) is 3.85. The molecule has 0 radical (unpaired) electrons. The minimum atomic E-state index is -0.739. The second-order valence-corrected chi connectivity index (χ2v) is 5.39. The number of nitrogens with two attached hydrogens (primary N) is 1. The van der Waals surface area contributed by atoms with Crippen molar-refractivity contribution in [2.45, 2.75) is 32.6 Å². The van der Waals surface area contributed by atoms with E-state index in [-0.39, 0.29) is 11.4 Å². The molecule has 1 heterocycles. The van der Waals surface area contributed by atoms with E-state index in [1.165, 1.54) is 25.1 Å². The Labute approximate surface area is 112 Å². The first kappa shape index (κ1) is 13.8. The minimum absolute atomic E-state index is 0.0309. The van der Waals surface area contributed by atoms with Gasteiger partial charge in [0.05, 0.1) is 5.56 Å². The van der Waals surface area contributed by atoms with Gasteiger partial charge in [-0.25, -0.2) is 9.37 Å². The van der Waals surface area contributed by atoms with Crippen LogP contribution in [0.15, 0.2) is 12.3 Å². The zero-order chi connectivity index (χ0) is 13.8. The molecule has 0 atom stereocenters. The zero-order valence-corrected chi connectivity index (χ0v) is 11.2. The first-order valence-electron chi connectivity index (χ1n) is 6.76. The third-order valence-corrected chi connectivity index (χ3v) is 3.85. The summed E-state index contributed by atoms with van der Waals surface area (Å²) in [5.74, 6) is -0.103. The number of halogens is 1. The van der Waals surface area contributed by atoms with Crippen LogP contribution in [0.2, 0.25) is 0 Å². The van der Waals surface area contributed by atoms with Gasteiger partial charge in [0.1, 0.15) is 0 Å². The van der Waals surface area contributed by atoms with Crippen molar-refractivity contribution >= 4 is 11.7 Å². The number of hydrogen-bond donors (Lipinski definition) is 2. The molecule has 19 heavy (non-hydrogen) atoms. The van der Waals surface area contributed by atoms with Crippen LogP contribution in [0.3, 0.4) is 0 Å². The highest BCUT2D eigenvalue weighted by Crippen LogP contribution is 2.27. The highest BCUT2D eigenvalue weighted by molar-refractivity contribution is 5.95. The average Bonchev–Trinajstić information content (AvgIpc) is 2.41. The lowest BCUT2D eigenvalue weighted by Gasteiger charge is -2.26. The van der Waals surface area contributed by atoms with Crippen molar-refractivity contribution in [2.75, 3.05) is 12.3 Å². The fourth-order valence-corrected chi connectivity index (χ4v) is 2.50. The molecule has 1 aromatic rings. The number of carbonyl (C=O) groups excluding carboxylic acids is 1. The quantitative estimate of drug-likeness (QED) is 0.881. The Kier molecular flexibility index (Phi) is 4.35. The summed E-state index contributed by atoms with van der Waals surface area (Å²) in [6.45, 7) is 2.86. The van der Waals surface area contributed by atoms with Crippen molar-refractivity contribution in [3.8, 4) is 0 Å². The van der Waals surface area contributed by atoms with E-state index >= 15 is 0 Å². The van der Waals surface area contributed by atoms with Crippen molar-refractivity contribution in [1.82, 2.24) is 10.3 Å². The first-order chi connectivity index (χ1) is 9.08. The predicted molar refractivity (Wildman–Crippen MR) is 72.1 cm³/mol. The van der Waals surface area contributed by atoms with Crippen LogP contribution in [0.5, 0.6) is 0 Å². The van der Waals surface area contributed by atoms with Crippen molar-refractivity contribution in [3.05, 3.63) is 23.6 Å². The normalized spacial score (nSPS) is 23.1. The van der Waals surface area contributed by atoms with Gasteiger partial charge >= 0.3 is 0 Å². The van der Waals surface area contributed by atoms with Gasteiger partial charge < -0.3 is 11.1 Å². The molecule has 104 valence electrons.